The number of nitrogens with zero attached hydrogens (tertiary/aromatic N) is 2. The fourth-order valence-electron chi connectivity index (χ4n) is 4.40. The highest BCUT2D eigenvalue weighted by molar-refractivity contribution is 7.92. The number of carboxylic acids is 1. The van der Waals surface area contributed by atoms with Crippen LogP contribution < -0.4 is 9.62 Å². The molecule has 0 spiro atoms. The highest BCUT2D eigenvalue weighted by atomic mass is 32.2. The van der Waals surface area contributed by atoms with Gasteiger partial charge in [0.25, 0.3) is 10.0 Å². The van der Waals surface area contributed by atoms with Crippen LogP contribution >= 0.6 is 0 Å². The first-order valence-electron chi connectivity index (χ1n) is 11.4. The predicted molar refractivity (Wildman–Crippen MR) is 139 cm³/mol. The van der Waals surface area contributed by atoms with E-state index in [0.717, 1.165) is 17.5 Å². The minimum atomic E-state index is -3.91. The first kappa shape index (κ1) is 24.5. The van der Waals surface area contributed by atoms with Crippen molar-refractivity contribution in [3.8, 4) is 0 Å². The molecule has 0 bridgehead atoms. The van der Waals surface area contributed by atoms with Crippen molar-refractivity contribution in [1.82, 2.24) is 4.98 Å². The van der Waals surface area contributed by atoms with E-state index < -0.39 is 16.0 Å². The first-order valence-corrected chi connectivity index (χ1v) is 12.9. The summed E-state index contributed by atoms with van der Waals surface area (Å²) < 4.78 is 28.6. The summed E-state index contributed by atoms with van der Waals surface area (Å²) in [7, 11) is -3.91. The van der Waals surface area contributed by atoms with Gasteiger partial charge < -0.3 is 10.0 Å². The largest absolute Gasteiger partial charge is 0.478 e. The lowest BCUT2D eigenvalue weighted by atomic mass is 9.95. The molecule has 1 aliphatic rings. The molecule has 8 heteroatoms. The van der Waals surface area contributed by atoms with Crippen LogP contribution in [0.15, 0.2) is 59.6 Å². The molecule has 2 heterocycles. The summed E-state index contributed by atoms with van der Waals surface area (Å²) in [5.41, 5.74) is 6.17. The molecule has 35 heavy (non-hydrogen) atoms. The Labute approximate surface area is 206 Å². The number of nitrogens with one attached hydrogen (secondary N) is 1. The van der Waals surface area contributed by atoms with Gasteiger partial charge in [0.2, 0.25) is 0 Å². The van der Waals surface area contributed by atoms with Crippen molar-refractivity contribution in [3.63, 3.8) is 0 Å². The minimum Gasteiger partial charge on any atom is -0.478 e. The summed E-state index contributed by atoms with van der Waals surface area (Å²) in [4.78, 5) is 18.5. The van der Waals surface area contributed by atoms with E-state index in [-0.39, 0.29) is 16.1 Å². The normalized spacial score (nSPS) is 13.9. The Morgan fingerprint density at radius 2 is 1.71 bits per heavy atom. The van der Waals surface area contributed by atoms with Gasteiger partial charge in [-0.25, -0.2) is 18.2 Å². The van der Waals surface area contributed by atoms with Crippen LogP contribution in [0.3, 0.4) is 0 Å². The molecule has 4 rings (SSSR count). The van der Waals surface area contributed by atoms with Gasteiger partial charge in [-0.05, 0) is 79.6 Å². The summed E-state index contributed by atoms with van der Waals surface area (Å²) in [6.07, 6.45) is 4.22. The number of aryl methyl sites for hydroxylation is 4. The topological polar surface area (TPSA) is 99.6 Å². The molecule has 0 atom stereocenters. The number of aromatic carboxylic acids is 1. The van der Waals surface area contributed by atoms with Crippen molar-refractivity contribution in [2.45, 2.75) is 39.0 Å². The van der Waals surface area contributed by atoms with Crippen LogP contribution in [0.25, 0.3) is 5.57 Å². The molecule has 0 saturated heterocycles. The molecule has 0 amide bonds. The number of benzene rings is 2. The SMILES string of the molecule is Cc1cc(C)c(S(=O)(=O)Nc2cnc(N3CC=C(c4ccccc4C)CC3)c(C(=O)O)c2)cc1C. The summed E-state index contributed by atoms with van der Waals surface area (Å²) in [5, 5.41) is 9.85. The maximum Gasteiger partial charge on any atom is 0.339 e. The van der Waals surface area contributed by atoms with Crippen molar-refractivity contribution in [1.29, 1.82) is 0 Å². The minimum absolute atomic E-state index is 0.0465. The van der Waals surface area contributed by atoms with Gasteiger partial charge in [0.1, 0.15) is 11.4 Å². The molecule has 1 aromatic heterocycles. The molecule has 2 N–H and O–H groups in total. The zero-order chi connectivity index (χ0) is 25.3. The van der Waals surface area contributed by atoms with Gasteiger partial charge in [-0.1, -0.05) is 36.4 Å². The molecular weight excluding hydrogens is 462 g/mol. The monoisotopic (exact) mass is 491 g/mol. The number of carboxylic acid groups (broad SMARTS) is 1. The Hall–Kier alpha value is -3.65. The van der Waals surface area contributed by atoms with Gasteiger partial charge in [0.05, 0.1) is 16.8 Å². The number of sulfonamides is 1. The van der Waals surface area contributed by atoms with Crippen molar-refractivity contribution < 1.29 is 18.3 Å². The van der Waals surface area contributed by atoms with Crippen LogP contribution in [-0.4, -0.2) is 37.6 Å². The van der Waals surface area contributed by atoms with Crippen molar-refractivity contribution in [3.05, 3.63) is 88.1 Å². The fraction of sp³-hybridized carbons (Fsp3) is 0.259. The second kappa shape index (κ2) is 9.54. The first-order chi connectivity index (χ1) is 16.6. The third-order valence-corrected chi connectivity index (χ3v) is 7.95. The quantitative estimate of drug-likeness (QED) is 0.497. The Kier molecular flexibility index (Phi) is 6.67. The molecule has 0 fully saturated rings. The highest BCUT2D eigenvalue weighted by Crippen LogP contribution is 2.30. The lowest BCUT2D eigenvalue weighted by molar-refractivity contribution is 0.0697. The number of hydrogen-bond acceptors (Lipinski definition) is 5. The standard InChI is InChI=1S/C27H29N3O4S/c1-17-7-5-6-8-23(17)21-9-11-30(12-10-21)26-24(27(31)32)15-22(16-28-26)29-35(33,34)25-14-19(3)18(2)13-20(25)4/h5-9,13-16,29H,10-12H2,1-4H3,(H,31,32). The molecular formula is C27H29N3O4S. The van der Waals surface area contributed by atoms with E-state index >= 15 is 0 Å². The van der Waals surface area contributed by atoms with Gasteiger partial charge in [-0.3, -0.25) is 4.72 Å². The maximum atomic E-state index is 13.0. The third kappa shape index (κ3) is 5.07. The number of hydrogen-bond donors (Lipinski definition) is 2. The van der Waals surface area contributed by atoms with E-state index in [1.54, 1.807) is 13.0 Å². The molecule has 7 nitrogen and oxygen atoms in total. The second-order valence-electron chi connectivity index (χ2n) is 8.95. The van der Waals surface area contributed by atoms with E-state index in [9.17, 15) is 18.3 Å². The van der Waals surface area contributed by atoms with Crippen LogP contribution in [0.1, 0.15) is 44.6 Å². The summed E-state index contributed by atoms with van der Waals surface area (Å²) in [6.45, 7) is 8.72. The van der Waals surface area contributed by atoms with Crippen molar-refractivity contribution >= 4 is 33.1 Å². The molecule has 0 unspecified atom stereocenters. The van der Waals surface area contributed by atoms with E-state index in [4.69, 9.17) is 0 Å². The lowest BCUT2D eigenvalue weighted by Crippen LogP contribution is -2.31. The number of carbonyl (C=O) groups is 1. The average molecular weight is 492 g/mol. The fourth-order valence-corrected chi connectivity index (χ4v) is 5.74. The van der Waals surface area contributed by atoms with E-state index in [1.165, 1.54) is 29.0 Å². The lowest BCUT2D eigenvalue weighted by Gasteiger charge is -2.29. The van der Waals surface area contributed by atoms with Gasteiger partial charge in [-0.15, -0.1) is 0 Å². The second-order valence-corrected chi connectivity index (χ2v) is 10.6. The van der Waals surface area contributed by atoms with Gasteiger partial charge >= 0.3 is 5.97 Å². The molecule has 0 saturated carbocycles. The van der Waals surface area contributed by atoms with Gasteiger partial charge in [-0.2, -0.15) is 0 Å². The molecule has 1 aliphatic heterocycles. The van der Waals surface area contributed by atoms with Gasteiger partial charge in [0, 0.05) is 13.1 Å². The zero-order valence-corrected chi connectivity index (χ0v) is 21.1. The maximum absolute atomic E-state index is 13.0. The predicted octanol–water partition coefficient (Wildman–Crippen LogP) is 5.11. The summed E-state index contributed by atoms with van der Waals surface area (Å²) in [5.74, 6) is -0.840. The van der Waals surface area contributed by atoms with Crippen molar-refractivity contribution in [2.75, 3.05) is 22.7 Å². The Bertz CT molecular complexity index is 1440. The summed E-state index contributed by atoms with van der Waals surface area (Å²) >= 11 is 0. The van der Waals surface area contributed by atoms with Crippen LogP contribution in [0.5, 0.6) is 0 Å². The Morgan fingerprint density at radius 1 is 1.00 bits per heavy atom. The number of rotatable bonds is 6. The molecule has 2 aromatic carbocycles. The van der Waals surface area contributed by atoms with E-state index in [1.807, 2.05) is 36.9 Å². The van der Waals surface area contributed by atoms with Crippen LogP contribution in [0, 0.1) is 27.7 Å². The molecule has 3 aromatic rings. The van der Waals surface area contributed by atoms with E-state index in [0.29, 0.717) is 24.5 Å². The molecule has 0 radical (unpaired) electrons. The van der Waals surface area contributed by atoms with Crippen LogP contribution in [0.4, 0.5) is 11.5 Å². The Morgan fingerprint density at radius 3 is 2.37 bits per heavy atom. The average Bonchev–Trinajstić information content (AvgIpc) is 2.81. The smallest absolute Gasteiger partial charge is 0.339 e. The van der Waals surface area contributed by atoms with Crippen LogP contribution in [-0.2, 0) is 10.0 Å². The highest BCUT2D eigenvalue weighted by Gasteiger charge is 2.24. The Balaban J connectivity index is 1.60. The van der Waals surface area contributed by atoms with Crippen LogP contribution in [0.2, 0.25) is 0 Å². The van der Waals surface area contributed by atoms with E-state index in [2.05, 4.69) is 34.8 Å². The van der Waals surface area contributed by atoms with Crippen molar-refractivity contribution in [2.24, 2.45) is 0 Å². The number of pyridine rings is 1. The summed E-state index contributed by atoms with van der Waals surface area (Å²) in [6, 6.07) is 13.0. The number of anilines is 2. The zero-order valence-electron chi connectivity index (χ0n) is 20.3. The molecule has 0 aliphatic carbocycles. The molecule has 182 valence electrons. The van der Waals surface area contributed by atoms with Gasteiger partial charge in [0.15, 0.2) is 0 Å². The number of aromatic nitrogens is 1. The third-order valence-electron chi connectivity index (χ3n) is 6.43.